The van der Waals surface area contributed by atoms with Gasteiger partial charge < -0.3 is 14.2 Å². The Bertz CT molecular complexity index is 610. The molecule has 0 N–H and O–H groups in total. The summed E-state index contributed by atoms with van der Waals surface area (Å²) in [4.78, 5) is 23.9. The van der Waals surface area contributed by atoms with Gasteiger partial charge in [0.15, 0.2) is 5.60 Å². The second-order valence-corrected chi connectivity index (χ2v) is 7.45. The number of carbonyl (C=O) groups excluding carboxylic acids is 2. The Balaban J connectivity index is 1.87. The maximum absolute atomic E-state index is 12.1. The van der Waals surface area contributed by atoms with Crippen LogP contribution in [0.15, 0.2) is 11.6 Å². The SMILES string of the molecule is CC(=O)O[C@H]1[C@@]2(C)C(=CCC[C@@H]2C)C[C@@]23OC(=O)[C@H](C)[C@@]12O3. The lowest BCUT2D eigenvalue weighted by molar-refractivity contribution is -0.167. The van der Waals surface area contributed by atoms with E-state index in [1.54, 1.807) is 0 Å². The third-order valence-electron chi connectivity index (χ3n) is 6.50. The van der Waals surface area contributed by atoms with Gasteiger partial charge in [-0.15, -0.1) is 0 Å². The molecule has 0 aromatic heterocycles. The number of hydrogen-bond acceptors (Lipinski definition) is 5. The first-order chi connectivity index (χ1) is 10.3. The Hall–Kier alpha value is -1.36. The Kier molecular flexibility index (Phi) is 2.55. The van der Waals surface area contributed by atoms with Crippen molar-refractivity contribution in [1.82, 2.24) is 0 Å². The first kappa shape index (κ1) is 14.2. The van der Waals surface area contributed by atoms with Crippen LogP contribution in [-0.4, -0.2) is 29.4 Å². The fourth-order valence-electron chi connectivity index (χ4n) is 4.99. The standard InChI is InChI=1S/C17H22O5/c1-9-6-5-7-12-8-16-17(22-16,10(2)13(19)21-16)14(15(9,12)4)20-11(3)18/h7,9-10,14H,5-6,8H2,1-4H3/t9-,10-,14-,15+,16-,17+/m0/s1. The summed E-state index contributed by atoms with van der Waals surface area (Å²) in [5, 5.41) is 0. The van der Waals surface area contributed by atoms with Gasteiger partial charge in [-0.2, -0.15) is 0 Å². The van der Waals surface area contributed by atoms with Crippen molar-refractivity contribution in [2.75, 3.05) is 0 Å². The van der Waals surface area contributed by atoms with Gasteiger partial charge in [-0.3, -0.25) is 9.59 Å². The summed E-state index contributed by atoms with van der Waals surface area (Å²) in [5.74, 6) is -1.55. The van der Waals surface area contributed by atoms with Crippen LogP contribution in [0.1, 0.15) is 47.0 Å². The van der Waals surface area contributed by atoms with Crippen molar-refractivity contribution in [3.05, 3.63) is 11.6 Å². The second-order valence-electron chi connectivity index (χ2n) is 7.45. The topological polar surface area (TPSA) is 65.1 Å². The first-order valence-electron chi connectivity index (χ1n) is 8.07. The smallest absolute Gasteiger partial charge is 0.314 e. The summed E-state index contributed by atoms with van der Waals surface area (Å²) in [7, 11) is 0. The molecule has 4 rings (SSSR count). The largest absolute Gasteiger partial charge is 0.458 e. The van der Waals surface area contributed by atoms with Crippen LogP contribution in [0, 0.1) is 17.3 Å². The van der Waals surface area contributed by atoms with Gasteiger partial charge in [0.05, 0.1) is 5.92 Å². The molecule has 2 saturated heterocycles. The molecule has 6 atom stereocenters. The molecule has 0 aromatic rings. The van der Waals surface area contributed by atoms with Crippen LogP contribution in [0.25, 0.3) is 0 Å². The number of allylic oxidation sites excluding steroid dienone is 1. The van der Waals surface area contributed by atoms with Crippen molar-refractivity contribution in [3.63, 3.8) is 0 Å². The van der Waals surface area contributed by atoms with Crippen molar-refractivity contribution < 1.29 is 23.8 Å². The van der Waals surface area contributed by atoms with E-state index in [0.717, 1.165) is 12.8 Å². The zero-order valence-corrected chi connectivity index (χ0v) is 13.5. The fraction of sp³-hybridized carbons (Fsp3) is 0.765. The van der Waals surface area contributed by atoms with Crippen LogP contribution in [0.3, 0.4) is 0 Å². The number of carbonyl (C=O) groups is 2. The number of esters is 2. The number of fused-ring (bicyclic) bond motifs is 1. The zero-order chi connectivity index (χ0) is 15.9. The molecule has 0 radical (unpaired) electrons. The minimum absolute atomic E-state index is 0.251. The van der Waals surface area contributed by atoms with E-state index in [4.69, 9.17) is 14.2 Å². The molecule has 0 aromatic carbocycles. The van der Waals surface area contributed by atoms with E-state index in [9.17, 15) is 9.59 Å². The number of ether oxygens (including phenoxy) is 3. The molecule has 2 aliphatic carbocycles. The molecule has 0 amide bonds. The van der Waals surface area contributed by atoms with Gasteiger partial charge in [0.1, 0.15) is 6.10 Å². The van der Waals surface area contributed by atoms with E-state index in [1.807, 2.05) is 6.92 Å². The van der Waals surface area contributed by atoms with Gasteiger partial charge in [-0.25, -0.2) is 0 Å². The van der Waals surface area contributed by atoms with Crippen LogP contribution in [0.4, 0.5) is 0 Å². The average Bonchev–Trinajstić information content (AvgIpc) is 3.03. The van der Waals surface area contributed by atoms with Gasteiger partial charge in [-0.1, -0.05) is 25.5 Å². The average molecular weight is 306 g/mol. The molecular weight excluding hydrogens is 284 g/mol. The highest BCUT2D eigenvalue weighted by Crippen LogP contribution is 2.73. The summed E-state index contributed by atoms with van der Waals surface area (Å²) in [6.07, 6.45) is 4.39. The van der Waals surface area contributed by atoms with E-state index in [1.165, 1.54) is 12.5 Å². The molecule has 4 aliphatic rings. The summed E-state index contributed by atoms with van der Waals surface area (Å²) in [5.41, 5.74) is 0.0899. The van der Waals surface area contributed by atoms with Gasteiger partial charge in [0.25, 0.3) is 5.79 Å². The highest BCUT2D eigenvalue weighted by Gasteiger charge is 2.90. The maximum Gasteiger partial charge on any atom is 0.314 e. The molecule has 5 heteroatoms. The van der Waals surface area contributed by atoms with Gasteiger partial charge in [0, 0.05) is 18.8 Å². The Morgan fingerprint density at radius 2 is 2.14 bits per heavy atom. The number of hydrogen-bond donors (Lipinski definition) is 0. The summed E-state index contributed by atoms with van der Waals surface area (Å²) in [6, 6.07) is 0. The van der Waals surface area contributed by atoms with Crippen molar-refractivity contribution in [2.24, 2.45) is 17.3 Å². The Morgan fingerprint density at radius 3 is 2.82 bits per heavy atom. The first-order valence-corrected chi connectivity index (χ1v) is 8.07. The molecule has 22 heavy (non-hydrogen) atoms. The van der Waals surface area contributed by atoms with Crippen molar-refractivity contribution in [3.8, 4) is 0 Å². The van der Waals surface area contributed by atoms with Crippen molar-refractivity contribution in [1.29, 1.82) is 0 Å². The van der Waals surface area contributed by atoms with Crippen LogP contribution in [0.5, 0.6) is 0 Å². The van der Waals surface area contributed by atoms with Gasteiger partial charge in [0.2, 0.25) is 0 Å². The molecule has 3 fully saturated rings. The molecule has 0 spiro atoms. The van der Waals surface area contributed by atoms with E-state index in [0.29, 0.717) is 12.3 Å². The van der Waals surface area contributed by atoms with Crippen LogP contribution >= 0.6 is 0 Å². The predicted octanol–water partition coefficient (Wildman–Crippen LogP) is 2.34. The van der Waals surface area contributed by atoms with Crippen molar-refractivity contribution in [2.45, 2.75) is 64.4 Å². The lowest BCUT2D eigenvalue weighted by atomic mass is 9.55. The highest BCUT2D eigenvalue weighted by molar-refractivity contribution is 5.80. The molecule has 5 nitrogen and oxygen atoms in total. The minimum atomic E-state index is -0.911. The van der Waals surface area contributed by atoms with E-state index in [-0.39, 0.29) is 17.4 Å². The molecular formula is C17H22O5. The zero-order valence-electron chi connectivity index (χ0n) is 13.5. The van der Waals surface area contributed by atoms with Gasteiger partial charge >= 0.3 is 11.9 Å². The molecule has 0 unspecified atom stereocenters. The summed E-state index contributed by atoms with van der Waals surface area (Å²) < 4.78 is 17.4. The third-order valence-corrected chi connectivity index (χ3v) is 6.50. The number of rotatable bonds is 1. The lowest BCUT2D eigenvalue weighted by Crippen LogP contribution is -2.58. The van der Waals surface area contributed by atoms with Crippen LogP contribution in [0.2, 0.25) is 0 Å². The minimum Gasteiger partial charge on any atom is -0.458 e. The lowest BCUT2D eigenvalue weighted by Gasteiger charge is -2.50. The Morgan fingerprint density at radius 1 is 1.41 bits per heavy atom. The summed E-state index contributed by atoms with van der Waals surface area (Å²) >= 11 is 0. The predicted molar refractivity (Wildman–Crippen MR) is 76.6 cm³/mol. The molecule has 120 valence electrons. The quantitative estimate of drug-likeness (QED) is 0.423. The highest BCUT2D eigenvalue weighted by atomic mass is 16.8. The van der Waals surface area contributed by atoms with Gasteiger partial charge in [-0.05, 0) is 25.7 Å². The Labute approximate surface area is 130 Å². The molecule has 2 heterocycles. The fourth-order valence-corrected chi connectivity index (χ4v) is 4.99. The van der Waals surface area contributed by atoms with E-state index < -0.39 is 23.4 Å². The summed E-state index contributed by atoms with van der Waals surface area (Å²) in [6.45, 7) is 7.57. The van der Waals surface area contributed by atoms with Crippen LogP contribution < -0.4 is 0 Å². The molecule has 2 aliphatic heterocycles. The maximum atomic E-state index is 12.1. The third kappa shape index (κ3) is 1.35. The normalized spacial score (nSPS) is 51.9. The molecule has 1 saturated carbocycles. The monoisotopic (exact) mass is 306 g/mol. The van der Waals surface area contributed by atoms with Crippen LogP contribution in [-0.2, 0) is 23.8 Å². The number of epoxide rings is 1. The van der Waals surface area contributed by atoms with E-state index >= 15 is 0 Å². The van der Waals surface area contributed by atoms with Crippen molar-refractivity contribution >= 4 is 11.9 Å². The van der Waals surface area contributed by atoms with E-state index in [2.05, 4.69) is 19.9 Å². The molecule has 0 bridgehead atoms. The second kappa shape index (κ2) is 3.94.